The van der Waals surface area contributed by atoms with E-state index in [4.69, 9.17) is 0 Å². The summed E-state index contributed by atoms with van der Waals surface area (Å²) in [7, 11) is 0. The Labute approximate surface area is 320 Å². The van der Waals surface area contributed by atoms with Crippen LogP contribution in [-0.2, 0) is 0 Å². The van der Waals surface area contributed by atoms with Gasteiger partial charge in [0, 0.05) is 44.3 Å². The van der Waals surface area contributed by atoms with Gasteiger partial charge in [-0.15, -0.1) is 0 Å². The predicted molar refractivity (Wildman–Crippen MR) is 228 cm³/mol. The molecule has 0 amide bonds. The quantitative estimate of drug-likeness (QED) is 0.156. The van der Waals surface area contributed by atoms with Crippen molar-refractivity contribution in [3.05, 3.63) is 0 Å². The van der Waals surface area contributed by atoms with Crippen LogP contribution in [0.3, 0.4) is 0 Å². The Morgan fingerprint density at radius 3 is 1.12 bits per heavy atom. The van der Waals surface area contributed by atoms with Crippen LogP contribution in [-0.4, -0.2) is 90.1 Å². The van der Waals surface area contributed by atoms with E-state index in [1.165, 1.54) is 129 Å². The van der Waals surface area contributed by atoms with E-state index in [1.54, 1.807) is 0 Å². The molecular formula is C44H95N7. The summed E-state index contributed by atoms with van der Waals surface area (Å²) in [5.74, 6) is 5.92. The highest BCUT2D eigenvalue weighted by molar-refractivity contribution is 4.78. The van der Waals surface area contributed by atoms with Crippen LogP contribution in [0.2, 0.25) is 0 Å². The van der Waals surface area contributed by atoms with Crippen molar-refractivity contribution in [2.24, 2.45) is 41.4 Å². The van der Waals surface area contributed by atoms with Crippen molar-refractivity contribution in [2.45, 2.75) is 171 Å². The van der Waals surface area contributed by atoms with Crippen molar-refractivity contribution in [3.63, 3.8) is 0 Å². The van der Waals surface area contributed by atoms with Crippen molar-refractivity contribution in [1.29, 1.82) is 0 Å². The normalized spacial score (nSPS) is 28.4. The van der Waals surface area contributed by atoms with Gasteiger partial charge in [0.15, 0.2) is 0 Å². The first-order valence-corrected chi connectivity index (χ1v) is 22.6. The van der Waals surface area contributed by atoms with Gasteiger partial charge in [0.2, 0.25) is 0 Å². The molecule has 0 aromatic rings. The van der Waals surface area contributed by atoms with E-state index < -0.39 is 0 Å². The average molecular weight is 722 g/mol. The van der Waals surface area contributed by atoms with Crippen LogP contribution in [0.1, 0.15) is 153 Å². The number of hydrogen-bond donors (Lipinski definition) is 7. The number of piperazine rings is 1. The molecule has 7 heteroatoms. The fourth-order valence-electron chi connectivity index (χ4n) is 7.64. The minimum atomic E-state index is 0.676. The molecule has 0 bridgehead atoms. The molecule has 0 aromatic carbocycles. The monoisotopic (exact) mass is 722 g/mol. The third kappa shape index (κ3) is 26.2. The van der Waals surface area contributed by atoms with Gasteiger partial charge >= 0.3 is 0 Å². The van der Waals surface area contributed by atoms with Crippen molar-refractivity contribution < 1.29 is 0 Å². The van der Waals surface area contributed by atoms with Crippen molar-refractivity contribution in [1.82, 2.24) is 37.2 Å². The third-order valence-corrected chi connectivity index (χ3v) is 11.9. The van der Waals surface area contributed by atoms with Gasteiger partial charge in [-0.2, -0.15) is 0 Å². The zero-order valence-corrected chi connectivity index (χ0v) is 36.2. The van der Waals surface area contributed by atoms with E-state index in [1.807, 2.05) is 0 Å². The standard InChI is InChI=1S/C10H21N.C9H20N2.2C9H19N.C7H16N2/c1-9(2)10-6-4-3-5-7-11-8-10;1-8(2)9-7-10-5-3-4-6-11-9;1-8(2)9-5-3-4-6-10-7-9;1-8(2)9-6-4-3-5-7-10-9;1-6(2)7-5-8-3-4-9-7/h9-11H,3-8H2,1-2H3;8-11H,3-7H2,1-2H3;2*8-10H,3-7H2,1-2H3;6-9H,3-5H2,1-2H3. The molecule has 5 aliphatic heterocycles. The summed E-state index contributed by atoms with van der Waals surface area (Å²) in [6.07, 6.45) is 18.2. The summed E-state index contributed by atoms with van der Waals surface area (Å²) >= 11 is 0. The van der Waals surface area contributed by atoms with Crippen molar-refractivity contribution >= 4 is 0 Å². The Morgan fingerprint density at radius 1 is 0.294 bits per heavy atom. The Hall–Kier alpha value is -0.280. The maximum atomic E-state index is 3.58. The molecule has 5 rings (SSSR count). The lowest BCUT2D eigenvalue weighted by Gasteiger charge is -2.27. The smallest absolute Gasteiger partial charge is 0.0215 e. The molecule has 7 N–H and O–H groups in total. The first-order chi connectivity index (χ1) is 24.5. The largest absolute Gasteiger partial charge is 0.316 e. The molecule has 306 valence electrons. The average Bonchev–Trinajstić information content (AvgIpc) is 3.53. The van der Waals surface area contributed by atoms with Gasteiger partial charge in [-0.05, 0) is 139 Å². The second-order valence-electron chi connectivity index (χ2n) is 18.1. The molecule has 0 aromatic heterocycles. The predicted octanol–water partition coefficient (Wildman–Crippen LogP) is 7.82. The van der Waals surface area contributed by atoms with Gasteiger partial charge in [0.1, 0.15) is 0 Å². The Bertz CT molecular complexity index is 655. The van der Waals surface area contributed by atoms with Crippen LogP contribution in [0.4, 0.5) is 0 Å². The number of nitrogens with one attached hydrogen (secondary N) is 7. The van der Waals surface area contributed by atoms with Gasteiger partial charge in [-0.25, -0.2) is 0 Å². The van der Waals surface area contributed by atoms with E-state index >= 15 is 0 Å². The van der Waals surface area contributed by atoms with Crippen LogP contribution in [0.15, 0.2) is 0 Å². The molecule has 5 heterocycles. The molecule has 5 aliphatic rings. The molecule has 5 fully saturated rings. The Balaban J connectivity index is 0.000000319. The van der Waals surface area contributed by atoms with Gasteiger partial charge in [0.25, 0.3) is 0 Å². The molecule has 5 saturated heterocycles. The summed E-state index contributed by atoms with van der Waals surface area (Å²) in [6, 6.07) is 2.16. The van der Waals surface area contributed by atoms with Gasteiger partial charge < -0.3 is 37.2 Å². The SMILES string of the molecule is CC(C)C1CCCCCN1.CC(C)C1CCCCCNC1.CC(C)C1CCCCNC1.CC(C)C1CNCCCCN1.CC(C)C1CNCCN1. The van der Waals surface area contributed by atoms with E-state index in [0.29, 0.717) is 12.1 Å². The van der Waals surface area contributed by atoms with E-state index in [2.05, 4.69) is 106 Å². The summed E-state index contributed by atoms with van der Waals surface area (Å²) in [5.41, 5.74) is 0. The fourth-order valence-corrected chi connectivity index (χ4v) is 7.64. The van der Waals surface area contributed by atoms with E-state index in [9.17, 15) is 0 Å². The fraction of sp³-hybridized carbons (Fsp3) is 1.00. The molecular weight excluding hydrogens is 627 g/mol. The second-order valence-corrected chi connectivity index (χ2v) is 18.1. The lowest BCUT2D eigenvalue weighted by Crippen LogP contribution is -2.50. The maximum Gasteiger partial charge on any atom is 0.0215 e. The minimum absolute atomic E-state index is 0.676. The topological polar surface area (TPSA) is 84.2 Å². The number of rotatable bonds is 5. The van der Waals surface area contributed by atoms with Crippen LogP contribution >= 0.6 is 0 Å². The second kappa shape index (κ2) is 32.0. The van der Waals surface area contributed by atoms with E-state index in [-0.39, 0.29) is 0 Å². The van der Waals surface area contributed by atoms with Crippen LogP contribution in [0, 0.1) is 41.4 Å². The molecule has 0 saturated carbocycles. The molecule has 51 heavy (non-hydrogen) atoms. The summed E-state index contributed by atoms with van der Waals surface area (Å²) in [4.78, 5) is 0. The zero-order valence-electron chi connectivity index (χ0n) is 36.2. The lowest BCUT2D eigenvalue weighted by molar-refractivity contribution is 0.313. The van der Waals surface area contributed by atoms with Gasteiger partial charge in [-0.1, -0.05) is 101 Å². The molecule has 7 nitrogen and oxygen atoms in total. The first-order valence-electron chi connectivity index (χ1n) is 22.6. The summed E-state index contributed by atoms with van der Waals surface area (Å²) in [5, 5.41) is 24.4. The summed E-state index contributed by atoms with van der Waals surface area (Å²) < 4.78 is 0. The minimum Gasteiger partial charge on any atom is -0.316 e. The molecule has 5 unspecified atom stereocenters. The zero-order chi connectivity index (χ0) is 37.7. The maximum absolute atomic E-state index is 3.58. The highest BCUT2D eigenvalue weighted by Gasteiger charge is 2.17. The van der Waals surface area contributed by atoms with Gasteiger partial charge in [0.05, 0.1) is 0 Å². The number of hydrogen-bond acceptors (Lipinski definition) is 7. The van der Waals surface area contributed by atoms with Gasteiger partial charge in [-0.3, -0.25) is 0 Å². The molecule has 0 aliphatic carbocycles. The van der Waals surface area contributed by atoms with Crippen molar-refractivity contribution in [2.75, 3.05) is 72.0 Å². The van der Waals surface area contributed by atoms with Crippen molar-refractivity contribution in [3.8, 4) is 0 Å². The molecule has 0 radical (unpaired) electrons. The van der Waals surface area contributed by atoms with Crippen LogP contribution in [0.25, 0.3) is 0 Å². The third-order valence-electron chi connectivity index (χ3n) is 11.9. The Kier molecular flexibility index (Phi) is 30.6. The summed E-state index contributed by atoms with van der Waals surface area (Å²) in [6.45, 7) is 36.2. The first kappa shape index (κ1) is 48.7. The van der Waals surface area contributed by atoms with Crippen LogP contribution in [0.5, 0.6) is 0 Å². The van der Waals surface area contributed by atoms with E-state index in [0.717, 1.165) is 73.6 Å². The van der Waals surface area contributed by atoms with Crippen LogP contribution < -0.4 is 37.2 Å². The highest BCUT2D eigenvalue weighted by atomic mass is 15.1. The molecule has 5 atom stereocenters. The lowest BCUT2D eigenvalue weighted by atomic mass is 9.89. The highest BCUT2D eigenvalue weighted by Crippen LogP contribution is 2.20. The molecule has 0 spiro atoms. The Morgan fingerprint density at radius 2 is 0.647 bits per heavy atom.